The molecule has 0 saturated heterocycles. The molecule has 0 bridgehead atoms. The van der Waals surface area contributed by atoms with E-state index in [4.69, 9.17) is 0 Å². The first-order valence-electron chi connectivity index (χ1n) is 9.08. The summed E-state index contributed by atoms with van der Waals surface area (Å²) >= 11 is 1.65. The van der Waals surface area contributed by atoms with Gasteiger partial charge in [0, 0.05) is 19.6 Å². The number of nitrogens with zero attached hydrogens (tertiary/aromatic N) is 1. The third-order valence-electron chi connectivity index (χ3n) is 5.10. The molecular formula is C22H21FN2OS. The van der Waals surface area contributed by atoms with Gasteiger partial charge in [0.25, 0.3) is 5.91 Å². The fraction of sp³-hybridized carbons (Fsp3) is 0.227. The standard InChI is InChI=1S/C22H21FN2OS/c23-20-8-4-3-7-19(20)22(26)24-13-21(18-10-12-27-15-18)25-11-9-16-5-1-2-6-17(16)14-25/h1-8,10,12,15,21H,9,11,13-14H2,(H,24,26). The van der Waals surface area contributed by atoms with Crippen molar-refractivity contribution in [1.29, 1.82) is 0 Å². The molecule has 1 unspecified atom stereocenters. The highest BCUT2D eigenvalue weighted by molar-refractivity contribution is 7.07. The zero-order valence-electron chi connectivity index (χ0n) is 14.9. The van der Waals surface area contributed by atoms with E-state index in [1.165, 1.54) is 28.8 Å². The maximum Gasteiger partial charge on any atom is 0.254 e. The van der Waals surface area contributed by atoms with Gasteiger partial charge in [-0.2, -0.15) is 11.3 Å². The molecular weight excluding hydrogens is 359 g/mol. The Hall–Kier alpha value is -2.50. The number of amides is 1. The van der Waals surface area contributed by atoms with Crippen molar-refractivity contribution in [3.63, 3.8) is 0 Å². The average molecular weight is 380 g/mol. The van der Waals surface area contributed by atoms with Crippen LogP contribution in [0.2, 0.25) is 0 Å². The summed E-state index contributed by atoms with van der Waals surface area (Å²) in [7, 11) is 0. The van der Waals surface area contributed by atoms with Gasteiger partial charge >= 0.3 is 0 Å². The first-order valence-corrected chi connectivity index (χ1v) is 10.0. The van der Waals surface area contributed by atoms with Crippen LogP contribution in [-0.4, -0.2) is 23.9 Å². The van der Waals surface area contributed by atoms with Gasteiger partial charge in [-0.25, -0.2) is 4.39 Å². The molecule has 0 spiro atoms. The molecule has 138 valence electrons. The van der Waals surface area contributed by atoms with Gasteiger partial charge in [-0.15, -0.1) is 0 Å². The van der Waals surface area contributed by atoms with Crippen molar-refractivity contribution in [3.05, 3.63) is 93.4 Å². The number of fused-ring (bicyclic) bond motifs is 1. The van der Waals surface area contributed by atoms with E-state index >= 15 is 0 Å². The van der Waals surface area contributed by atoms with E-state index in [9.17, 15) is 9.18 Å². The number of carbonyl (C=O) groups is 1. The Labute approximate surface area is 162 Å². The van der Waals surface area contributed by atoms with E-state index in [0.717, 1.165) is 19.5 Å². The molecule has 0 aliphatic carbocycles. The minimum Gasteiger partial charge on any atom is -0.350 e. The molecule has 0 saturated carbocycles. The van der Waals surface area contributed by atoms with E-state index in [1.807, 2.05) is 0 Å². The van der Waals surface area contributed by atoms with Crippen LogP contribution < -0.4 is 5.32 Å². The summed E-state index contributed by atoms with van der Waals surface area (Å²) in [5.41, 5.74) is 4.01. The first kappa shape index (κ1) is 17.9. The zero-order valence-corrected chi connectivity index (χ0v) is 15.7. The van der Waals surface area contributed by atoms with E-state index in [2.05, 4.69) is 51.3 Å². The molecule has 0 radical (unpaired) electrons. The van der Waals surface area contributed by atoms with Crippen molar-refractivity contribution < 1.29 is 9.18 Å². The van der Waals surface area contributed by atoms with Crippen molar-refractivity contribution in [2.75, 3.05) is 13.1 Å². The van der Waals surface area contributed by atoms with Gasteiger partial charge < -0.3 is 5.32 Å². The van der Waals surface area contributed by atoms with Gasteiger partial charge in [0.15, 0.2) is 0 Å². The van der Waals surface area contributed by atoms with Crippen molar-refractivity contribution in [2.45, 2.75) is 19.0 Å². The Kier molecular flexibility index (Phi) is 5.32. The van der Waals surface area contributed by atoms with Gasteiger partial charge in [-0.1, -0.05) is 36.4 Å². The Morgan fingerprint density at radius 3 is 2.67 bits per heavy atom. The van der Waals surface area contributed by atoms with Gasteiger partial charge in [0.1, 0.15) is 5.82 Å². The second-order valence-electron chi connectivity index (χ2n) is 6.75. The topological polar surface area (TPSA) is 32.3 Å². The van der Waals surface area contributed by atoms with E-state index in [-0.39, 0.29) is 17.5 Å². The minimum atomic E-state index is -0.492. The second-order valence-corrected chi connectivity index (χ2v) is 7.53. The lowest BCUT2D eigenvalue weighted by atomic mass is 9.97. The first-order chi connectivity index (χ1) is 13.2. The normalized spacial score (nSPS) is 15.1. The Balaban J connectivity index is 1.51. The summed E-state index contributed by atoms with van der Waals surface area (Å²) in [6, 6.07) is 16.8. The Morgan fingerprint density at radius 2 is 1.89 bits per heavy atom. The number of halogens is 1. The van der Waals surface area contributed by atoms with Crippen molar-refractivity contribution in [3.8, 4) is 0 Å². The lowest BCUT2D eigenvalue weighted by Crippen LogP contribution is -2.40. The molecule has 4 rings (SSSR count). The van der Waals surface area contributed by atoms with Crippen LogP contribution in [0.3, 0.4) is 0 Å². The highest BCUT2D eigenvalue weighted by atomic mass is 32.1. The third kappa shape index (κ3) is 3.94. The largest absolute Gasteiger partial charge is 0.350 e. The van der Waals surface area contributed by atoms with Crippen LogP contribution in [0.5, 0.6) is 0 Å². The van der Waals surface area contributed by atoms with E-state index in [0.29, 0.717) is 6.54 Å². The van der Waals surface area contributed by atoms with Crippen LogP contribution >= 0.6 is 11.3 Å². The molecule has 27 heavy (non-hydrogen) atoms. The summed E-state index contributed by atoms with van der Waals surface area (Å²) in [4.78, 5) is 14.8. The number of hydrogen-bond acceptors (Lipinski definition) is 3. The number of hydrogen-bond donors (Lipinski definition) is 1. The van der Waals surface area contributed by atoms with Crippen molar-refractivity contribution >= 4 is 17.2 Å². The number of thiophene rings is 1. The number of benzene rings is 2. The lowest BCUT2D eigenvalue weighted by molar-refractivity contribution is 0.0924. The summed E-state index contributed by atoms with van der Waals surface area (Å²) in [6.07, 6.45) is 0.998. The van der Waals surface area contributed by atoms with Crippen LogP contribution in [0.25, 0.3) is 0 Å². The van der Waals surface area contributed by atoms with Crippen LogP contribution in [0, 0.1) is 5.82 Å². The van der Waals surface area contributed by atoms with Gasteiger partial charge in [0.2, 0.25) is 0 Å². The predicted octanol–water partition coefficient (Wildman–Crippen LogP) is 4.42. The highest BCUT2D eigenvalue weighted by Crippen LogP contribution is 2.28. The Bertz CT molecular complexity index is 926. The van der Waals surface area contributed by atoms with E-state index in [1.54, 1.807) is 23.5 Å². The van der Waals surface area contributed by atoms with Crippen LogP contribution in [-0.2, 0) is 13.0 Å². The van der Waals surface area contributed by atoms with Gasteiger partial charge in [-0.3, -0.25) is 9.69 Å². The average Bonchev–Trinajstić information content (AvgIpc) is 3.23. The second kappa shape index (κ2) is 8.03. The molecule has 5 heteroatoms. The predicted molar refractivity (Wildman–Crippen MR) is 106 cm³/mol. The highest BCUT2D eigenvalue weighted by Gasteiger charge is 2.26. The van der Waals surface area contributed by atoms with Gasteiger partial charge in [-0.05, 0) is 52.1 Å². The van der Waals surface area contributed by atoms with Crippen molar-refractivity contribution in [2.24, 2.45) is 0 Å². The van der Waals surface area contributed by atoms with Crippen LogP contribution in [0.15, 0.2) is 65.4 Å². The smallest absolute Gasteiger partial charge is 0.254 e. The van der Waals surface area contributed by atoms with Crippen LogP contribution in [0.4, 0.5) is 4.39 Å². The molecule has 2 heterocycles. The zero-order chi connectivity index (χ0) is 18.6. The quantitative estimate of drug-likeness (QED) is 0.711. The number of carbonyl (C=O) groups excluding carboxylic acids is 1. The number of rotatable bonds is 5. The summed E-state index contributed by atoms with van der Waals surface area (Å²) in [6.45, 7) is 2.24. The molecule has 1 atom stereocenters. The fourth-order valence-electron chi connectivity index (χ4n) is 3.64. The fourth-order valence-corrected chi connectivity index (χ4v) is 4.34. The van der Waals surface area contributed by atoms with Gasteiger partial charge in [0.05, 0.1) is 11.6 Å². The van der Waals surface area contributed by atoms with Crippen LogP contribution in [0.1, 0.15) is 33.1 Å². The molecule has 2 aromatic carbocycles. The molecule has 3 aromatic rings. The number of nitrogens with one attached hydrogen (secondary N) is 1. The third-order valence-corrected chi connectivity index (χ3v) is 5.80. The maximum absolute atomic E-state index is 13.9. The summed E-state index contributed by atoms with van der Waals surface area (Å²) in [5.74, 6) is -0.861. The SMILES string of the molecule is O=C(NCC(c1ccsc1)N1CCc2ccccc2C1)c1ccccc1F. The monoisotopic (exact) mass is 380 g/mol. The van der Waals surface area contributed by atoms with Crippen molar-refractivity contribution in [1.82, 2.24) is 10.2 Å². The molecule has 3 nitrogen and oxygen atoms in total. The summed E-state index contributed by atoms with van der Waals surface area (Å²) in [5, 5.41) is 7.11. The molecule has 0 fully saturated rings. The molecule has 1 aromatic heterocycles. The molecule has 1 amide bonds. The summed E-state index contributed by atoms with van der Waals surface area (Å²) < 4.78 is 13.9. The molecule has 1 N–H and O–H groups in total. The molecule has 1 aliphatic rings. The maximum atomic E-state index is 13.9. The molecule has 1 aliphatic heterocycles. The van der Waals surface area contributed by atoms with E-state index < -0.39 is 5.82 Å². The lowest BCUT2D eigenvalue weighted by Gasteiger charge is -2.35. The Morgan fingerprint density at radius 1 is 1.11 bits per heavy atom. The minimum absolute atomic E-state index is 0.0697.